The summed E-state index contributed by atoms with van der Waals surface area (Å²) >= 11 is 1.39. The van der Waals surface area contributed by atoms with Crippen LogP contribution < -0.4 is 0 Å². The van der Waals surface area contributed by atoms with Gasteiger partial charge in [0.2, 0.25) is 0 Å². The third kappa shape index (κ3) is 5.30. The monoisotopic (exact) mass is 232 g/mol. The zero-order valence-corrected chi connectivity index (χ0v) is 11.4. The summed E-state index contributed by atoms with van der Waals surface area (Å²) in [5, 5.41) is 17.1. The van der Waals surface area contributed by atoms with Crippen molar-refractivity contribution in [1.29, 1.82) is 0 Å². The zero-order valence-electron chi connectivity index (χ0n) is 9.43. The molecule has 0 heterocycles. The van der Waals surface area contributed by atoms with E-state index in [-0.39, 0.29) is 11.1 Å². The fraction of sp³-hybridized carbons (Fsp3) is 0.273. The van der Waals surface area contributed by atoms with E-state index in [9.17, 15) is 9.59 Å². The van der Waals surface area contributed by atoms with Crippen molar-refractivity contribution in [2.24, 2.45) is 0 Å². The number of carboxylic acid groups (broad SMARTS) is 2. The molecule has 16 heavy (non-hydrogen) atoms. The predicted octanol–water partition coefficient (Wildman–Crippen LogP) is 2.07. The number of benzene rings is 1. The Morgan fingerprint density at radius 1 is 1.12 bits per heavy atom. The van der Waals surface area contributed by atoms with Gasteiger partial charge in [-0.05, 0) is 12.1 Å². The van der Waals surface area contributed by atoms with Gasteiger partial charge in [0, 0.05) is 0 Å². The molecule has 0 saturated heterocycles. The number of aromatic carboxylic acids is 2. The minimum atomic E-state index is -1.23. The Labute approximate surface area is 112 Å². The molecule has 0 aromatic heterocycles. The molecule has 1 rings (SSSR count). The average molecular weight is 232 g/mol. The number of hydrogen-bond donors (Lipinski definition) is 2. The number of carboxylic acids is 2. The van der Waals surface area contributed by atoms with Crippen LogP contribution >= 0.6 is 0 Å². The van der Waals surface area contributed by atoms with Crippen LogP contribution in [0.2, 0.25) is 3.67 Å². The largest absolute Gasteiger partial charge is 0.478 e. The Morgan fingerprint density at radius 2 is 1.44 bits per heavy atom. The fourth-order valence-electron chi connectivity index (χ4n) is 0.856. The van der Waals surface area contributed by atoms with Crippen molar-refractivity contribution in [3.05, 3.63) is 35.4 Å². The first-order chi connectivity index (χ1) is 7.54. The average Bonchev–Trinajstić information content (AvgIpc) is 2.29. The predicted molar refractivity (Wildman–Crippen MR) is 61.2 cm³/mol. The topological polar surface area (TPSA) is 74.6 Å². The fourth-order valence-corrected chi connectivity index (χ4v) is 0.856. The first-order valence-corrected chi connectivity index (χ1v) is 6.51. The number of carbonyl (C=O) groups is 2. The van der Waals surface area contributed by atoms with E-state index in [1.807, 2.05) is 0 Å². The van der Waals surface area contributed by atoms with Crippen molar-refractivity contribution in [3.63, 3.8) is 0 Å². The van der Waals surface area contributed by atoms with Crippen LogP contribution in [0, 0.1) is 0 Å². The van der Waals surface area contributed by atoms with Crippen molar-refractivity contribution < 1.29 is 19.8 Å². The molecule has 4 nitrogen and oxygen atoms in total. The summed E-state index contributed by atoms with van der Waals surface area (Å²) in [5.74, 6) is -2.46. The van der Waals surface area contributed by atoms with E-state index < -0.39 is 11.9 Å². The van der Waals surface area contributed by atoms with Crippen LogP contribution in [0.3, 0.4) is 0 Å². The van der Waals surface area contributed by atoms with E-state index in [1.54, 1.807) is 0 Å². The molecule has 0 unspecified atom stereocenters. The first-order valence-electron chi connectivity index (χ1n) is 5.10. The van der Waals surface area contributed by atoms with Crippen LogP contribution in [0.1, 0.15) is 34.1 Å². The molecular formula is C11H13NaO4. The minimum Gasteiger partial charge on any atom is -0.478 e. The van der Waals surface area contributed by atoms with Gasteiger partial charge in [0.1, 0.15) is 0 Å². The van der Waals surface area contributed by atoms with Crippen LogP contribution in [0.15, 0.2) is 24.3 Å². The Morgan fingerprint density at radius 3 is 1.62 bits per heavy atom. The molecule has 0 aliphatic rings. The standard InChI is InChI=1S/C8H6O4.C3H7.Na/c9-7(10)5-3-1-2-4-6(5)8(11)12;1-3-2;/h1-4H,(H,9,10)(H,11,12);1,3H2,2H3;. The number of rotatable bonds is 3. The molecule has 0 saturated carbocycles. The van der Waals surface area contributed by atoms with Gasteiger partial charge in [0.15, 0.2) is 0 Å². The maximum atomic E-state index is 10.5. The summed E-state index contributed by atoms with van der Waals surface area (Å²) in [4.78, 5) is 20.9. The molecule has 5 heteroatoms. The molecule has 1 aromatic rings. The molecule has 0 fully saturated rings. The van der Waals surface area contributed by atoms with E-state index in [2.05, 4.69) is 6.92 Å². The summed E-state index contributed by atoms with van der Waals surface area (Å²) in [6.45, 7) is 2.22. The van der Waals surface area contributed by atoms with Gasteiger partial charge in [-0.15, -0.1) is 0 Å². The van der Waals surface area contributed by atoms with E-state index >= 15 is 0 Å². The van der Waals surface area contributed by atoms with Gasteiger partial charge < -0.3 is 10.2 Å². The van der Waals surface area contributed by atoms with E-state index in [4.69, 9.17) is 10.2 Å². The van der Waals surface area contributed by atoms with Crippen molar-refractivity contribution in [2.75, 3.05) is 0 Å². The molecule has 0 aliphatic heterocycles. The molecule has 2 N–H and O–H groups in total. The Kier molecular flexibility index (Phi) is 7.89. The summed E-state index contributed by atoms with van der Waals surface area (Å²) < 4.78 is 1.46. The Hall–Kier alpha value is -0.840. The summed E-state index contributed by atoms with van der Waals surface area (Å²) in [5.41, 5.74) is -0.380. The smallest absolute Gasteiger partial charge is 0.336 e. The van der Waals surface area contributed by atoms with Gasteiger partial charge in [-0.1, -0.05) is 12.1 Å². The number of hydrogen-bond acceptors (Lipinski definition) is 2. The van der Waals surface area contributed by atoms with Crippen molar-refractivity contribution >= 4 is 39.9 Å². The van der Waals surface area contributed by atoms with Gasteiger partial charge in [-0.25, -0.2) is 9.59 Å². The molecule has 0 spiro atoms. The zero-order chi connectivity index (χ0) is 12.6. The van der Waals surface area contributed by atoms with Gasteiger partial charge in [-0.3, -0.25) is 0 Å². The second-order valence-corrected chi connectivity index (χ2v) is 4.16. The van der Waals surface area contributed by atoms with Gasteiger partial charge in [0.25, 0.3) is 0 Å². The molecular weight excluding hydrogens is 219 g/mol. The molecule has 0 radical (unpaired) electrons. The van der Waals surface area contributed by atoms with Crippen LogP contribution in [-0.4, -0.2) is 50.1 Å². The van der Waals surface area contributed by atoms with Crippen molar-refractivity contribution in [2.45, 2.75) is 17.0 Å². The van der Waals surface area contributed by atoms with Crippen LogP contribution in [-0.2, 0) is 0 Å². The van der Waals surface area contributed by atoms with E-state index in [1.165, 1.54) is 62.3 Å². The van der Waals surface area contributed by atoms with Crippen LogP contribution in [0.5, 0.6) is 0 Å². The third-order valence-corrected chi connectivity index (χ3v) is 2.89. The third-order valence-electron chi connectivity index (χ3n) is 1.89. The van der Waals surface area contributed by atoms with Gasteiger partial charge in [-0.2, -0.15) is 0 Å². The second kappa shape index (κ2) is 8.33. The quantitative estimate of drug-likeness (QED) is 0.782. The Bertz CT molecular complexity index is 328. The molecule has 82 valence electrons. The SMILES string of the molecule is CC[CH2][Na].O=C(O)c1ccccc1C(=O)O. The van der Waals surface area contributed by atoms with E-state index in [0.29, 0.717) is 0 Å². The normalized spacial score (nSPS) is 8.94. The van der Waals surface area contributed by atoms with Gasteiger partial charge >= 0.3 is 56.9 Å². The summed E-state index contributed by atoms with van der Waals surface area (Å²) in [7, 11) is 0. The molecule has 0 bridgehead atoms. The van der Waals surface area contributed by atoms with E-state index in [0.717, 1.165) is 0 Å². The van der Waals surface area contributed by atoms with Crippen molar-refractivity contribution in [3.8, 4) is 0 Å². The second-order valence-electron chi connectivity index (χ2n) is 3.16. The molecule has 0 atom stereocenters. The molecule has 1 aromatic carbocycles. The van der Waals surface area contributed by atoms with Gasteiger partial charge in [0.05, 0.1) is 11.1 Å². The Balaban J connectivity index is 0.000000487. The maximum Gasteiger partial charge on any atom is 0.336 e. The summed E-state index contributed by atoms with van der Waals surface area (Å²) in [6.07, 6.45) is 1.38. The minimum absolute atomic E-state index is 0.190. The summed E-state index contributed by atoms with van der Waals surface area (Å²) in [6, 6.07) is 5.48. The first kappa shape index (κ1) is 15.2. The maximum absolute atomic E-state index is 10.5. The van der Waals surface area contributed by atoms with Crippen molar-refractivity contribution in [1.82, 2.24) is 0 Å². The van der Waals surface area contributed by atoms with Crippen LogP contribution in [0.4, 0.5) is 0 Å². The molecule has 0 aliphatic carbocycles. The molecule has 0 amide bonds. The van der Waals surface area contributed by atoms with Crippen LogP contribution in [0.25, 0.3) is 0 Å².